The number of benzene rings is 1. The predicted octanol–water partition coefficient (Wildman–Crippen LogP) is 3.37. The summed E-state index contributed by atoms with van der Waals surface area (Å²) >= 11 is 0. The molecule has 2 rings (SSSR count). The summed E-state index contributed by atoms with van der Waals surface area (Å²) in [5.41, 5.74) is 3.71. The summed E-state index contributed by atoms with van der Waals surface area (Å²) in [6, 6.07) is 4.24. The molecule has 0 radical (unpaired) electrons. The molecule has 3 heteroatoms. The van der Waals surface area contributed by atoms with Crippen LogP contribution in [0.1, 0.15) is 25.0 Å². The Morgan fingerprint density at radius 2 is 1.95 bits per heavy atom. The first-order valence-electron chi connectivity index (χ1n) is 7.07. The van der Waals surface area contributed by atoms with Gasteiger partial charge in [0.25, 0.3) is 0 Å². The molecule has 0 aliphatic carbocycles. The van der Waals surface area contributed by atoms with Crippen molar-refractivity contribution < 1.29 is 4.74 Å². The lowest BCUT2D eigenvalue weighted by Crippen LogP contribution is -2.25. The summed E-state index contributed by atoms with van der Waals surface area (Å²) in [6.45, 7) is 9.83. The van der Waals surface area contributed by atoms with Gasteiger partial charge in [-0.1, -0.05) is 19.9 Å². The summed E-state index contributed by atoms with van der Waals surface area (Å²) < 4.78 is 5.58. The molecule has 1 aromatic heterocycles. The van der Waals surface area contributed by atoms with Crippen LogP contribution in [0.25, 0.3) is 10.9 Å². The second-order valence-electron chi connectivity index (χ2n) is 4.93. The van der Waals surface area contributed by atoms with Crippen molar-refractivity contribution >= 4 is 10.9 Å². The Balaban J connectivity index is 2.31. The molecule has 3 nitrogen and oxygen atoms in total. The monoisotopic (exact) mass is 260 g/mol. The minimum absolute atomic E-state index is 1.01. The van der Waals surface area contributed by atoms with E-state index in [0.29, 0.717) is 0 Å². The Labute approximate surface area is 115 Å². The van der Waals surface area contributed by atoms with Crippen molar-refractivity contribution in [2.75, 3.05) is 26.7 Å². The molecule has 0 unspecified atom stereocenters. The van der Waals surface area contributed by atoms with Crippen LogP contribution in [0.5, 0.6) is 5.75 Å². The van der Waals surface area contributed by atoms with Gasteiger partial charge in [-0.3, -0.25) is 0 Å². The first kappa shape index (κ1) is 13.9. The first-order valence-corrected chi connectivity index (χ1v) is 7.07. The number of nitrogens with one attached hydrogen (secondary N) is 1. The number of aromatic amines is 1. The largest absolute Gasteiger partial charge is 0.496 e. The number of aromatic nitrogens is 1. The smallest absolute Gasteiger partial charge is 0.131 e. The summed E-state index contributed by atoms with van der Waals surface area (Å²) in [5, 5.41) is 1.25. The maximum Gasteiger partial charge on any atom is 0.131 e. The maximum atomic E-state index is 5.58. The van der Waals surface area contributed by atoms with E-state index in [1.165, 1.54) is 16.5 Å². The van der Waals surface area contributed by atoms with Crippen LogP contribution in [-0.4, -0.2) is 36.6 Å². The molecule has 1 heterocycles. The fraction of sp³-hybridized carbons (Fsp3) is 0.500. The molecule has 19 heavy (non-hydrogen) atoms. The standard InChI is InChI=1S/C16H24N2O/c1-5-18(6-2)10-9-13-11-17-14-8-7-12(3)16(19-4)15(13)14/h7-8,11,17H,5-6,9-10H2,1-4H3. The number of hydrogen-bond acceptors (Lipinski definition) is 2. The average molecular weight is 260 g/mol. The van der Waals surface area contributed by atoms with Crippen molar-refractivity contribution in [1.82, 2.24) is 9.88 Å². The van der Waals surface area contributed by atoms with E-state index in [1.54, 1.807) is 7.11 Å². The van der Waals surface area contributed by atoms with Gasteiger partial charge >= 0.3 is 0 Å². The zero-order valence-electron chi connectivity index (χ0n) is 12.4. The fourth-order valence-corrected chi connectivity index (χ4v) is 2.64. The molecule has 0 atom stereocenters. The van der Waals surface area contributed by atoms with E-state index in [1.807, 2.05) is 0 Å². The number of aryl methyl sites for hydroxylation is 1. The zero-order chi connectivity index (χ0) is 13.8. The molecule has 0 saturated carbocycles. The van der Waals surface area contributed by atoms with Crippen LogP contribution in [0, 0.1) is 6.92 Å². The SMILES string of the molecule is CCN(CC)CCc1c[nH]c2ccc(C)c(OC)c12. The van der Waals surface area contributed by atoms with Gasteiger partial charge in [-0.15, -0.1) is 0 Å². The van der Waals surface area contributed by atoms with Crippen LogP contribution in [0.4, 0.5) is 0 Å². The van der Waals surface area contributed by atoms with Crippen LogP contribution in [0.3, 0.4) is 0 Å². The van der Waals surface area contributed by atoms with E-state index in [2.05, 4.69) is 49.0 Å². The number of H-pyrrole nitrogens is 1. The fourth-order valence-electron chi connectivity index (χ4n) is 2.64. The Hall–Kier alpha value is -1.48. The molecule has 1 N–H and O–H groups in total. The van der Waals surface area contributed by atoms with Gasteiger partial charge in [0.15, 0.2) is 0 Å². The Bertz CT molecular complexity index is 541. The van der Waals surface area contributed by atoms with Crippen LogP contribution in [0.15, 0.2) is 18.3 Å². The second-order valence-corrected chi connectivity index (χ2v) is 4.93. The molecular weight excluding hydrogens is 236 g/mol. The topological polar surface area (TPSA) is 28.3 Å². The van der Waals surface area contributed by atoms with E-state index in [0.717, 1.165) is 37.3 Å². The summed E-state index contributed by atoms with van der Waals surface area (Å²) in [6.07, 6.45) is 3.18. The van der Waals surface area contributed by atoms with Crippen LogP contribution in [0.2, 0.25) is 0 Å². The van der Waals surface area contributed by atoms with Crippen molar-refractivity contribution in [1.29, 1.82) is 0 Å². The van der Waals surface area contributed by atoms with E-state index < -0.39 is 0 Å². The predicted molar refractivity (Wildman–Crippen MR) is 81.1 cm³/mol. The summed E-state index contributed by atoms with van der Waals surface area (Å²) in [4.78, 5) is 5.80. The molecule has 1 aromatic carbocycles. The van der Waals surface area contributed by atoms with Crippen molar-refractivity contribution in [3.05, 3.63) is 29.5 Å². The number of nitrogens with zero attached hydrogens (tertiary/aromatic N) is 1. The van der Waals surface area contributed by atoms with Gasteiger partial charge in [0.2, 0.25) is 0 Å². The van der Waals surface area contributed by atoms with Crippen molar-refractivity contribution in [2.45, 2.75) is 27.2 Å². The lowest BCUT2D eigenvalue weighted by molar-refractivity contribution is 0.308. The number of rotatable bonds is 6. The summed E-state index contributed by atoms with van der Waals surface area (Å²) in [5.74, 6) is 1.01. The van der Waals surface area contributed by atoms with Crippen LogP contribution < -0.4 is 4.74 Å². The number of likely N-dealkylation sites (N-methyl/N-ethyl adjacent to an activating group) is 1. The minimum Gasteiger partial charge on any atom is -0.496 e. The zero-order valence-corrected chi connectivity index (χ0v) is 12.4. The Kier molecular flexibility index (Phi) is 4.48. The third-order valence-electron chi connectivity index (χ3n) is 3.87. The highest BCUT2D eigenvalue weighted by Gasteiger charge is 2.12. The first-order chi connectivity index (χ1) is 9.21. The second kappa shape index (κ2) is 6.11. The van der Waals surface area contributed by atoms with Gasteiger partial charge < -0.3 is 14.6 Å². The summed E-state index contributed by atoms with van der Waals surface area (Å²) in [7, 11) is 1.75. The highest BCUT2D eigenvalue weighted by atomic mass is 16.5. The van der Waals surface area contributed by atoms with Crippen molar-refractivity contribution in [3.8, 4) is 5.75 Å². The van der Waals surface area contributed by atoms with Crippen molar-refractivity contribution in [2.24, 2.45) is 0 Å². The van der Waals surface area contributed by atoms with Gasteiger partial charge in [0, 0.05) is 23.6 Å². The van der Waals surface area contributed by atoms with Crippen molar-refractivity contribution in [3.63, 3.8) is 0 Å². The van der Waals surface area contributed by atoms with Gasteiger partial charge in [0.1, 0.15) is 5.75 Å². The van der Waals surface area contributed by atoms with Crippen LogP contribution in [-0.2, 0) is 6.42 Å². The Morgan fingerprint density at radius 1 is 1.21 bits per heavy atom. The number of ether oxygens (including phenoxy) is 1. The number of hydrogen-bond donors (Lipinski definition) is 1. The van der Waals surface area contributed by atoms with E-state index >= 15 is 0 Å². The lowest BCUT2D eigenvalue weighted by Gasteiger charge is -2.17. The van der Waals surface area contributed by atoms with Gasteiger partial charge in [-0.25, -0.2) is 0 Å². The highest BCUT2D eigenvalue weighted by Crippen LogP contribution is 2.32. The average Bonchev–Trinajstić information content (AvgIpc) is 2.83. The third-order valence-corrected chi connectivity index (χ3v) is 3.87. The molecule has 0 spiro atoms. The number of methoxy groups -OCH3 is 1. The van der Waals surface area contributed by atoms with Gasteiger partial charge in [-0.2, -0.15) is 0 Å². The third kappa shape index (κ3) is 2.76. The molecule has 0 bridgehead atoms. The van der Waals surface area contributed by atoms with E-state index in [4.69, 9.17) is 4.74 Å². The quantitative estimate of drug-likeness (QED) is 0.862. The Morgan fingerprint density at radius 3 is 2.58 bits per heavy atom. The lowest BCUT2D eigenvalue weighted by atomic mass is 10.1. The molecule has 0 aliphatic heterocycles. The van der Waals surface area contributed by atoms with Gasteiger partial charge in [-0.05, 0) is 43.6 Å². The molecule has 0 saturated heterocycles. The number of fused-ring (bicyclic) bond motifs is 1. The van der Waals surface area contributed by atoms with E-state index in [-0.39, 0.29) is 0 Å². The van der Waals surface area contributed by atoms with Crippen LogP contribution >= 0.6 is 0 Å². The molecule has 0 aliphatic rings. The normalized spacial score (nSPS) is 11.4. The molecule has 0 amide bonds. The molecule has 2 aromatic rings. The molecule has 104 valence electrons. The van der Waals surface area contributed by atoms with Gasteiger partial charge in [0.05, 0.1) is 7.11 Å². The maximum absolute atomic E-state index is 5.58. The highest BCUT2D eigenvalue weighted by molar-refractivity contribution is 5.90. The minimum atomic E-state index is 1.01. The van der Waals surface area contributed by atoms with E-state index in [9.17, 15) is 0 Å². The molecule has 0 fully saturated rings. The molecular formula is C16H24N2O.